The van der Waals surface area contributed by atoms with Gasteiger partial charge in [-0.1, -0.05) is 6.07 Å². The topological polar surface area (TPSA) is 93.3 Å². The number of hydrazone groups is 1. The Morgan fingerprint density at radius 2 is 2.16 bits per heavy atom. The summed E-state index contributed by atoms with van der Waals surface area (Å²) in [5.41, 5.74) is 4.11. The zero-order chi connectivity index (χ0) is 13.7. The average Bonchev–Trinajstić information content (AvgIpc) is 2.46. The third-order valence-corrected chi connectivity index (χ3v) is 2.33. The smallest absolute Gasteiger partial charge is 0.261 e. The first-order valence-corrected chi connectivity index (χ1v) is 5.49. The van der Waals surface area contributed by atoms with E-state index in [2.05, 4.69) is 20.5 Å². The molecule has 2 rings (SSSR count). The molecule has 0 aromatic carbocycles. The van der Waals surface area contributed by atoms with Gasteiger partial charge in [0.2, 0.25) is 0 Å². The molecular weight excluding hydrogens is 246 g/mol. The van der Waals surface area contributed by atoms with Crippen molar-refractivity contribution in [3.63, 3.8) is 0 Å². The van der Waals surface area contributed by atoms with Gasteiger partial charge in [-0.3, -0.25) is 20.5 Å². The van der Waals surface area contributed by atoms with E-state index in [4.69, 9.17) is 0 Å². The molecule has 19 heavy (non-hydrogen) atoms. The zero-order valence-electron chi connectivity index (χ0n) is 10.1. The highest BCUT2D eigenvalue weighted by Gasteiger charge is 2.04. The van der Waals surface area contributed by atoms with Crippen molar-refractivity contribution >= 4 is 17.2 Å². The molecule has 0 spiro atoms. The second-order valence-corrected chi connectivity index (χ2v) is 3.68. The van der Waals surface area contributed by atoms with Gasteiger partial charge in [0, 0.05) is 12.3 Å². The van der Waals surface area contributed by atoms with Gasteiger partial charge in [0.05, 0.1) is 16.3 Å². The van der Waals surface area contributed by atoms with Crippen LogP contribution < -0.4 is 5.43 Å². The molecule has 2 aromatic heterocycles. The Labute approximate surface area is 109 Å². The highest BCUT2D eigenvalue weighted by Crippen LogP contribution is 2.11. The summed E-state index contributed by atoms with van der Waals surface area (Å²) in [6.07, 6.45) is 2.85. The summed E-state index contributed by atoms with van der Waals surface area (Å²) in [6, 6.07) is 8.38. The first-order chi connectivity index (χ1) is 9.16. The van der Waals surface area contributed by atoms with Crippen LogP contribution in [0.4, 0.5) is 11.5 Å². The maximum absolute atomic E-state index is 10.5. The van der Waals surface area contributed by atoms with E-state index >= 15 is 0 Å². The minimum atomic E-state index is -0.501. The number of hydrogen-bond acceptors (Lipinski definition) is 6. The maximum Gasteiger partial charge on any atom is 0.287 e. The fourth-order valence-corrected chi connectivity index (χ4v) is 1.34. The number of rotatable bonds is 4. The molecule has 2 aromatic rings. The standard InChI is InChI=1S/C12H11N5O2/c1-9(11-4-2-3-7-13-11)15-16-12-6-5-10(8-14-12)17(18)19/h2-8H,1H3,(H,14,16)/b15-9+. The summed E-state index contributed by atoms with van der Waals surface area (Å²) in [5, 5.41) is 14.6. The molecule has 7 nitrogen and oxygen atoms in total. The maximum atomic E-state index is 10.5. The average molecular weight is 257 g/mol. The Balaban J connectivity index is 2.08. The molecule has 0 amide bonds. The van der Waals surface area contributed by atoms with E-state index in [1.54, 1.807) is 13.1 Å². The zero-order valence-corrected chi connectivity index (χ0v) is 10.1. The van der Waals surface area contributed by atoms with Crippen LogP contribution in [0.25, 0.3) is 0 Å². The molecule has 0 aliphatic heterocycles. The van der Waals surface area contributed by atoms with Crippen molar-refractivity contribution in [2.24, 2.45) is 5.10 Å². The van der Waals surface area contributed by atoms with Crippen LogP contribution in [0.5, 0.6) is 0 Å². The number of nitrogens with zero attached hydrogens (tertiary/aromatic N) is 4. The Bertz CT molecular complexity index is 595. The summed E-state index contributed by atoms with van der Waals surface area (Å²) in [5.74, 6) is 0.431. The van der Waals surface area contributed by atoms with Gasteiger partial charge in [-0.05, 0) is 25.1 Å². The molecule has 7 heteroatoms. The lowest BCUT2D eigenvalue weighted by molar-refractivity contribution is -0.385. The number of nitrogens with one attached hydrogen (secondary N) is 1. The summed E-state index contributed by atoms with van der Waals surface area (Å²) in [7, 11) is 0. The molecule has 0 aliphatic rings. The van der Waals surface area contributed by atoms with Crippen LogP contribution in [0.3, 0.4) is 0 Å². The molecule has 0 atom stereocenters. The highest BCUT2D eigenvalue weighted by molar-refractivity contribution is 5.97. The lowest BCUT2D eigenvalue weighted by Crippen LogP contribution is -2.02. The molecular formula is C12H11N5O2. The molecule has 2 heterocycles. The normalized spacial score (nSPS) is 11.1. The second kappa shape index (κ2) is 5.67. The van der Waals surface area contributed by atoms with E-state index in [1.807, 2.05) is 18.2 Å². The first kappa shape index (κ1) is 12.6. The molecule has 0 unspecified atom stereocenters. The van der Waals surface area contributed by atoms with Crippen LogP contribution in [0.15, 0.2) is 47.8 Å². The minimum absolute atomic E-state index is 0.0593. The van der Waals surface area contributed by atoms with Crippen LogP contribution in [0.1, 0.15) is 12.6 Å². The summed E-state index contributed by atoms with van der Waals surface area (Å²) < 4.78 is 0. The van der Waals surface area contributed by atoms with Crippen molar-refractivity contribution in [3.8, 4) is 0 Å². The lowest BCUT2D eigenvalue weighted by atomic mass is 10.3. The molecule has 0 saturated carbocycles. The van der Waals surface area contributed by atoms with Crippen LogP contribution >= 0.6 is 0 Å². The van der Waals surface area contributed by atoms with Gasteiger partial charge in [-0.2, -0.15) is 5.10 Å². The Morgan fingerprint density at radius 3 is 2.74 bits per heavy atom. The summed E-state index contributed by atoms with van der Waals surface area (Å²) >= 11 is 0. The van der Waals surface area contributed by atoms with Gasteiger partial charge in [0.25, 0.3) is 5.69 Å². The van der Waals surface area contributed by atoms with Crippen LogP contribution in [0.2, 0.25) is 0 Å². The Kier molecular flexibility index (Phi) is 3.77. The molecule has 0 fully saturated rings. The fourth-order valence-electron chi connectivity index (χ4n) is 1.34. The quantitative estimate of drug-likeness (QED) is 0.515. The summed E-state index contributed by atoms with van der Waals surface area (Å²) in [4.78, 5) is 18.0. The van der Waals surface area contributed by atoms with E-state index < -0.39 is 4.92 Å². The monoisotopic (exact) mass is 257 g/mol. The minimum Gasteiger partial charge on any atom is -0.261 e. The van der Waals surface area contributed by atoms with Crippen LogP contribution in [-0.4, -0.2) is 20.6 Å². The Hall–Kier alpha value is -2.83. The van der Waals surface area contributed by atoms with Crippen molar-refractivity contribution in [1.29, 1.82) is 0 Å². The van der Waals surface area contributed by atoms with Gasteiger partial charge in [-0.25, -0.2) is 4.98 Å². The van der Waals surface area contributed by atoms with E-state index in [1.165, 1.54) is 18.3 Å². The first-order valence-electron chi connectivity index (χ1n) is 5.49. The number of aromatic nitrogens is 2. The van der Waals surface area contributed by atoms with Crippen molar-refractivity contribution in [3.05, 3.63) is 58.5 Å². The SMILES string of the molecule is C/C(=N\Nc1ccc([N+](=O)[O-])cn1)c1ccccn1. The number of hydrogen-bond donors (Lipinski definition) is 1. The van der Waals surface area contributed by atoms with Crippen molar-refractivity contribution in [1.82, 2.24) is 9.97 Å². The van der Waals surface area contributed by atoms with Gasteiger partial charge >= 0.3 is 0 Å². The fraction of sp³-hybridized carbons (Fsp3) is 0.0833. The van der Waals surface area contributed by atoms with Crippen molar-refractivity contribution < 1.29 is 4.92 Å². The third kappa shape index (κ3) is 3.32. The van der Waals surface area contributed by atoms with Gasteiger partial charge in [0.15, 0.2) is 0 Å². The predicted molar refractivity (Wildman–Crippen MR) is 71.0 cm³/mol. The van der Waals surface area contributed by atoms with Crippen LogP contribution in [0, 0.1) is 10.1 Å². The number of anilines is 1. The number of pyridine rings is 2. The molecule has 1 N–H and O–H groups in total. The third-order valence-electron chi connectivity index (χ3n) is 2.33. The largest absolute Gasteiger partial charge is 0.287 e. The predicted octanol–water partition coefficient (Wildman–Crippen LogP) is 2.22. The summed E-state index contributed by atoms with van der Waals surface area (Å²) in [6.45, 7) is 1.81. The Morgan fingerprint density at radius 1 is 1.32 bits per heavy atom. The number of nitro groups is 1. The van der Waals surface area contributed by atoms with E-state index in [9.17, 15) is 10.1 Å². The van der Waals surface area contributed by atoms with E-state index in [0.717, 1.165) is 5.69 Å². The van der Waals surface area contributed by atoms with Crippen molar-refractivity contribution in [2.45, 2.75) is 6.92 Å². The van der Waals surface area contributed by atoms with Crippen LogP contribution in [-0.2, 0) is 0 Å². The van der Waals surface area contributed by atoms with E-state index in [-0.39, 0.29) is 5.69 Å². The molecule has 0 saturated heterocycles. The second-order valence-electron chi connectivity index (χ2n) is 3.68. The lowest BCUT2D eigenvalue weighted by Gasteiger charge is -2.01. The molecule has 96 valence electrons. The molecule has 0 radical (unpaired) electrons. The van der Waals surface area contributed by atoms with Gasteiger partial charge in [0.1, 0.15) is 12.0 Å². The van der Waals surface area contributed by atoms with E-state index in [0.29, 0.717) is 11.5 Å². The van der Waals surface area contributed by atoms with Gasteiger partial charge < -0.3 is 0 Å². The van der Waals surface area contributed by atoms with Gasteiger partial charge in [-0.15, -0.1) is 0 Å². The van der Waals surface area contributed by atoms with Crippen molar-refractivity contribution in [2.75, 3.05) is 5.43 Å². The molecule has 0 aliphatic carbocycles. The highest BCUT2D eigenvalue weighted by atomic mass is 16.6. The molecule has 0 bridgehead atoms.